The van der Waals surface area contributed by atoms with Crippen LogP contribution in [0.15, 0.2) is 28.2 Å². The SMILES string of the molecule is O=C(c1csnn1)N1CCCCC[C@@H]1C[C@H](O)c1ccco1. The van der Waals surface area contributed by atoms with E-state index in [-0.39, 0.29) is 11.9 Å². The number of amides is 1. The maximum Gasteiger partial charge on any atom is 0.275 e. The Hall–Kier alpha value is -1.73. The second kappa shape index (κ2) is 7.02. The molecule has 1 amide bonds. The number of furan rings is 1. The summed E-state index contributed by atoms with van der Waals surface area (Å²) < 4.78 is 9.03. The third kappa shape index (κ3) is 3.36. The van der Waals surface area contributed by atoms with Crippen LogP contribution < -0.4 is 0 Å². The molecule has 0 bridgehead atoms. The van der Waals surface area contributed by atoms with Crippen molar-refractivity contribution in [3.63, 3.8) is 0 Å². The van der Waals surface area contributed by atoms with E-state index in [0.717, 1.165) is 25.7 Å². The monoisotopic (exact) mass is 321 g/mol. The van der Waals surface area contributed by atoms with E-state index in [1.165, 1.54) is 11.5 Å². The highest BCUT2D eigenvalue weighted by Gasteiger charge is 2.30. The Morgan fingerprint density at radius 1 is 1.50 bits per heavy atom. The van der Waals surface area contributed by atoms with Crippen LogP contribution in [0.2, 0.25) is 0 Å². The van der Waals surface area contributed by atoms with Gasteiger partial charge in [0.05, 0.1) is 6.26 Å². The first-order chi connectivity index (χ1) is 10.8. The highest BCUT2D eigenvalue weighted by atomic mass is 32.1. The number of nitrogens with zero attached hydrogens (tertiary/aromatic N) is 3. The average molecular weight is 321 g/mol. The molecular weight excluding hydrogens is 302 g/mol. The lowest BCUT2D eigenvalue weighted by molar-refractivity contribution is 0.0552. The van der Waals surface area contributed by atoms with Crippen LogP contribution in [0.3, 0.4) is 0 Å². The summed E-state index contributed by atoms with van der Waals surface area (Å²) in [5, 5.41) is 15.9. The Morgan fingerprint density at radius 3 is 3.14 bits per heavy atom. The van der Waals surface area contributed by atoms with Gasteiger partial charge in [0.15, 0.2) is 5.69 Å². The van der Waals surface area contributed by atoms with Gasteiger partial charge in [0, 0.05) is 24.4 Å². The summed E-state index contributed by atoms with van der Waals surface area (Å²) in [6.45, 7) is 0.700. The smallest absolute Gasteiger partial charge is 0.275 e. The van der Waals surface area contributed by atoms with E-state index in [9.17, 15) is 9.90 Å². The van der Waals surface area contributed by atoms with Crippen LogP contribution in [0, 0.1) is 0 Å². The molecule has 0 radical (unpaired) electrons. The summed E-state index contributed by atoms with van der Waals surface area (Å²) in [6, 6.07) is 3.52. The summed E-state index contributed by atoms with van der Waals surface area (Å²) in [5.41, 5.74) is 0.393. The van der Waals surface area contributed by atoms with Crippen LogP contribution >= 0.6 is 11.5 Å². The van der Waals surface area contributed by atoms with Gasteiger partial charge in [0.1, 0.15) is 11.9 Å². The molecule has 1 saturated heterocycles. The van der Waals surface area contributed by atoms with Gasteiger partial charge in [0.25, 0.3) is 5.91 Å². The second-order valence-electron chi connectivity index (χ2n) is 5.56. The van der Waals surface area contributed by atoms with Gasteiger partial charge in [-0.2, -0.15) is 0 Å². The molecule has 2 aromatic heterocycles. The fourth-order valence-electron chi connectivity index (χ4n) is 2.95. The van der Waals surface area contributed by atoms with Crippen molar-refractivity contribution in [2.75, 3.05) is 6.54 Å². The molecule has 0 aromatic carbocycles. The number of rotatable bonds is 4. The van der Waals surface area contributed by atoms with Crippen LogP contribution in [0.4, 0.5) is 0 Å². The van der Waals surface area contributed by atoms with Crippen LogP contribution in [-0.4, -0.2) is 38.1 Å². The van der Waals surface area contributed by atoms with E-state index in [1.54, 1.807) is 23.8 Å². The van der Waals surface area contributed by atoms with E-state index >= 15 is 0 Å². The van der Waals surface area contributed by atoms with Crippen molar-refractivity contribution in [2.45, 2.75) is 44.2 Å². The molecule has 118 valence electrons. The molecule has 6 nitrogen and oxygen atoms in total. The molecule has 2 aromatic rings. The lowest BCUT2D eigenvalue weighted by Crippen LogP contribution is -2.41. The maximum absolute atomic E-state index is 12.6. The Balaban J connectivity index is 1.74. The zero-order chi connectivity index (χ0) is 15.4. The molecule has 0 unspecified atom stereocenters. The van der Waals surface area contributed by atoms with Crippen molar-refractivity contribution in [3.8, 4) is 0 Å². The van der Waals surface area contributed by atoms with Crippen molar-refractivity contribution >= 4 is 17.4 Å². The predicted octanol–water partition coefficient (Wildman–Crippen LogP) is 2.64. The van der Waals surface area contributed by atoms with Crippen molar-refractivity contribution in [2.24, 2.45) is 0 Å². The molecule has 1 N–H and O–H groups in total. The molecule has 2 atom stereocenters. The van der Waals surface area contributed by atoms with E-state index in [4.69, 9.17) is 4.42 Å². The number of aliphatic hydroxyl groups excluding tert-OH is 1. The highest BCUT2D eigenvalue weighted by Crippen LogP contribution is 2.27. The molecule has 0 saturated carbocycles. The summed E-state index contributed by atoms with van der Waals surface area (Å²) in [7, 11) is 0. The first-order valence-corrected chi connectivity index (χ1v) is 8.39. The third-order valence-electron chi connectivity index (χ3n) is 4.08. The van der Waals surface area contributed by atoms with Gasteiger partial charge >= 0.3 is 0 Å². The molecule has 1 aliphatic heterocycles. The normalized spacial score (nSPS) is 20.6. The first-order valence-electron chi connectivity index (χ1n) is 7.55. The van der Waals surface area contributed by atoms with Crippen molar-refractivity contribution in [1.29, 1.82) is 0 Å². The molecule has 3 heterocycles. The molecule has 0 spiro atoms. The van der Waals surface area contributed by atoms with Gasteiger partial charge in [0.2, 0.25) is 0 Å². The number of aliphatic hydroxyl groups is 1. The van der Waals surface area contributed by atoms with Crippen molar-refractivity contribution in [1.82, 2.24) is 14.5 Å². The van der Waals surface area contributed by atoms with E-state index < -0.39 is 6.10 Å². The van der Waals surface area contributed by atoms with Crippen LogP contribution in [0.5, 0.6) is 0 Å². The zero-order valence-corrected chi connectivity index (χ0v) is 13.0. The molecular formula is C15H19N3O3S. The van der Waals surface area contributed by atoms with Crippen molar-refractivity contribution < 1.29 is 14.3 Å². The fourth-order valence-corrected chi connectivity index (χ4v) is 3.38. The summed E-state index contributed by atoms with van der Waals surface area (Å²) in [6.07, 6.45) is 5.38. The predicted molar refractivity (Wildman–Crippen MR) is 81.5 cm³/mol. The van der Waals surface area contributed by atoms with Gasteiger partial charge in [-0.1, -0.05) is 17.3 Å². The third-order valence-corrected chi connectivity index (χ3v) is 4.59. The Kier molecular flexibility index (Phi) is 4.84. The lowest BCUT2D eigenvalue weighted by atomic mass is 10.0. The van der Waals surface area contributed by atoms with Gasteiger partial charge in [-0.25, -0.2) is 0 Å². The van der Waals surface area contributed by atoms with Crippen LogP contribution in [0.25, 0.3) is 0 Å². The first kappa shape index (κ1) is 15.2. The molecule has 3 rings (SSSR count). The summed E-state index contributed by atoms with van der Waals surface area (Å²) >= 11 is 1.18. The minimum atomic E-state index is -0.693. The van der Waals surface area contributed by atoms with Gasteiger partial charge in [-0.15, -0.1) is 5.10 Å². The van der Waals surface area contributed by atoms with E-state index in [1.807, 2.05) is 4.90 Å². The van der Waals surface area contributed by atoms with Gasteiger partial charge in [-0.3, -0.25) is 4.79 Å². The summed E-state index contributed by atoms with van der Waals surface area (Å²) in [4.78, 5) is 14.5. The molecule has 1 aliphatic rings. The highest BCUT2D eigenvalue weighted by molar-refractivity contribution is 7.03. The number of carbonyl (C=O) groups excluding carboxylic acids is 1. The largest absolute Gasteiger partial charge is 0.467 e. The number of likely N-dealkylation sites (tertiary alicyclic amines) is 1. The lowest BCUT2D eigenvalue weighted by Gasteiger charge is -2.30. The maximum atomic E-state index is 12.6. The topological polar surface area (TPSA) is 79.5 Å². The number of hydrogen-bond donors (Lipinski definition) is 1. The second-order valence-corrected chi connectivity index (χ2v) is 6.17. The molecule has 22 heavy (non-hydrogen) atoms. The van der Waals surface area contributed by atoms with Gasteiger partial charge in [-0.05, 0) is 36.5 Å². The minimum absolute atomic E-state index is 0.00296. The molecule has 0 aliphatic carbocycles. The Morgan fingerprint density at radius 2 is 2.41 bits per heavy atom. The minimum Gasteiger partial charge on any atom is -0.467 e. The standard InChI is InChI=1S/C15H19N3O3S/c19-13(14-6-4-8-21-14)9-11-5-2-1-3-7-18(11)15(20)12-10-22-17-16-12/h4,6,8,10-11,13,19H,1-3,5,7,9H2/t11-,13+/m1/s1. The number of carbonyl (C=O) groups is 1. The Bertz CT molecular complexity index is 585. The Labute approximate surface area is 132 Å². The number of aromatic nitrogens is 2. The number of hydrogen-bond acceptors (Lipinski definition) is 6. The quantitative estimate of drug-likeness (QED) is 0.936. The van der Waals surface area contributed by atoms with Crippen LogP contribution in [0.1, 0.15) is 54.5 Å². The van der Waals surface area contributed by atoms with Gasteiger partial charge < -0.3 is 14.4 Å². The summed E-state index contributed by atoms with van der Waals surface area (Å²) in [5.74, 6) is 0.458. The zero-order valence-electron chi connectivity index (χ0n) is 12.2. The fraction of sp³-hybridized carbons (Fsp3) is 0.533. The van der Waals surface area contributed by atoms with E-state index in [2.05, 4.69) is 9.59 Å². The molecule has 7 heteroatoms. The van der Waals surface area contributed by atoms with Crippen molar-refractivity contribution in [3.05, 3.63) is 35.2 Å². The average Bonchev–Trinajstić information content (AvgIpc) is 3.18. The molecule has 1 fully saturated rings. The van der Waals surface area contributed by atoms with Crippen LogP contribution in [-0.2, 0) is 0 Å². The van der Waals surface area contributed by atoms with E-state index in [0.29, 0.717) is 24.4 Å².